The lowest BCUT2D eigenvalue weighted by Gasteiger charge is -2.22. The van der Waals surface area contributed by atoms with E-state index in [9.17, 15) is 9.59 Å². The SMILES string of the molecule is CCN(CC)CC(=O)N1CC[C@@H](c2cc(C(=O)Nc3nccs3)c3ccccc3n2)C1. The van der Waals surface area contributed by atoms with Gasteiger partial charge in [-0.05, 0) is 31.6 Å². The lowest BCUT2D eigenvalue weighted by Crippen LogP contribution is -2.39. The highest BCUT2D eigenvalue weighted by molar-refractivity contribution is 7.13. The molecule has 0 radical (unpaired) electrons. The highest BCUT2D eigenvalue weighted by Gasteiger charge is 2.29. The normalized spacial score (nSPS) is 16.2. The number of thiazole rings is 1. The molecule has 8 heteroatoms. The number of amides is 2. The molecule has 0 saturated carbocycles. The molecule has 2 amide bonds. The van der Waals surface area contributed by atoms with Gasteiger partial charge in [-0.3, -0.25) is 24.8 Å². The number of carbonyl (C=O) groups excluding carboxylic acids is 2. The fourth-order valence-corrected chi connectivity index (χ4v) is 4.53. The minimum atomic E-state index is -0.192. The molecule has 1 aromatic carbocycles. The molecule has 0 bridgehead atoms. The predicted octanol–water partition coefficient (Wildman–Crippen LogP) is 3.60. The number of hydrogen-bond donors (Lipinski definition) is 1. The van der Waals surface area contributed by atoms with Crippen molar-refractivity contribution in [3.8, 4) is 0 Å². The van der Waals surface area contributed by atoms with E-state index in [0.29, 0.717) is 23.8 Å². The highest BCUT2D eigenvalue weighted by Crippen LogP contribution is 2.30. The molecule has 1 saturated heterocycles. The predicted molar refractivity (Wildman–Crippen MR) is 124 cm³/mol. The van der Waals surface area contributed by atoms with Crippen LogP contribution in [0.1, 0.15) is 42.2 Å². The van der Waals surface area contributed by atoms with Gasteiger partial charge < -0.3 is 4.90 Å². The minimum Gasteiger partial charge on any atom is -0.341 e. The van der Waals surface area contributed by atoms with Gasteiger partial charge in [0.05, 0.1) is 17.6 Å². The Labute approximate surface area is 186 Å². The van der Waals surface area contributed by atoms with E-state index >= 15 is 0 Å². The summed E-state index contributed by atoms with van der Waals surface area (Å²) in [5.74, 6) is 0.0904. The first-order valence-corrected chi connectivity index (χ1v) is 11.6. The number of benzene rings is 1. The summed E-state index contributed by atoms with van der Waals surface area (Å²) in [6, 6.07) is 9.56. The zero-order chi connectivity index (χ0) is 21.8. The van der Waals surface area contributed by atoms with Crippen LogP contribution in [0, 0.1) is 0 Å². The summed E-state index contributed by atoms with van der Waals surface area (Å²) in [6.07, 6.45) is 2.52. The van der Waals surface area contributed by atoms with Crippen molar-refractivity contribution in [2.24, 2.45) is 0 Å². The molecule has 0 aliphatic carbocycles. The topological polar surface area (TPSA) is 78.4 Å². The van der Waals surface area contributed by atoms with Crippen LogP contribution < -0.4 is 5.32 Å². The lowest BCUT2D eigenvalue weighted by atomic mass is 9.99. The monoisotopic (exact) mass is 437 g/mol. The number of likely N-dealkylation sites (tertiary alicyclic amines) is 1. The Morgan fingerprint density at radius 1 is 1.26 bits per heavy atom. The third-order valence-corrected chi connectivity index (χ3v) is 6.53. The van der Waals surface area contributed by atoms with E-state index < -0.39 is 0 Å². The van der Waals surface area contributed by atoms with Gasteiger partial charge in [0, 0.05) is 41.7 Å². The summed E-state index contributed by atoms with van der Waals surface area (Å²) in [5.41, 5.74) is 2.24. The van der Waals surface area contributed by atoms with Crippen LogP contribution in [-0.4, -0.2) is 64.3 Å². The van der Waals surface area contributed by atoms with E-state index in [-0.39, 0.29) is 17.7 Å². The summed E-state index contributed by atoms with van der Waals surface area (Å²) in [7, 11) is 0. The van der Waals surface area contributed by atoms with Crippen LogP contribution in [0.5, 0.6) is 0 Å². The second-order valence-electron chi connectivity index (χ2n) is 7.69. The molecule has 31 heavy (non-hydrogen) atoms. The molecule has 1 fully saturated rings. The molecule has 0 spiro atoms. The number of para-hydroxylation sites is 1. The number of pyridine rings is 1. The number of aromatic nitrogens is 2. The molecule has 7 nitrogen and oxygen atoms in total. The summed E-state index contributed by atoms with van der Waals surface area (Å²) in [6.45, 7) is 7.68. The zero-order valence-corrected chi connectivity index (χ0v) is 18.7. The summed E-state index contributed by atoms with van der Waals surface area (Å²) >= 11 is 1.39. The van der Waals surface area contributed by atoms with E-state index in [4.69, 9.17) is 4.98 Å². The van der Waals surface area contributed by atoms with Gasteiger partial charge in [-0.1, -0.05) is 32.0 Å². The van der Waals surface area contributed by atoms with Gasteiger partial charge in [-0.2, -0.15) is 0 Å². The summed E-state index contributed by atoms with van der Waals surface area (Å²) in [5, 5.41) is 6.09. The van der Waals surface area contributed by atoms with Crippen molar-refractivity contribution in [1.82, 2.24) is 19.8 Å². The molecular weight excluding hydrogens is 410 g/mol. The number of carbonyl (C=O) groups is 2. The van der Waals surface area contributed by atoms with Crippen molar-refractivity contribution in [1.29, 1.82) is 0 Å². The molecule has 1 aliphatic rings. The molecule has 2 aromatic heterocycles. The van der Waals surface area contributed by atoms with E-state index in [2.05, 4.69) is 29.0 Å². The fourth-order valence-electron chi connectivity index (χ4n) is 4.01. The highest BCUT2D eigenvalue weighted by atomic mass is 32.1. The van der Waals surface area contributed by atoms with Crippen LogP contribution in [0.15, 0.2) is 41.9 Å². The molecule has 1 N–H and O–H groups in total. The first-order valence-electron chi connectivity index (χ1n) is 10.7. The molecule has 1 aliphatic heterocycles. The summed E-state index contributed by atoms with van der Waals surface area (Å²) < 4.78 is 0. The molecule has 0 unspecified atom stereocenters. The molecular formula is C23H27N5O2S. The molecule has 4 rings (SSSR count). The van der Waals surface area contributed by atoms with Crippen molar-refractivity contribution in [3.63, 3.8) is 0 Å². The first-order chi connectivity index (χ1) is 15.1. The smallest absolute Gasteiger partial charge is 0.258 e. The van der Waals surface area contributed by atoms with Crippen molar-refractivity contribution < 1.29 is 9.59 Å². The third-order valence-electron chi connectivity index (χ3n) is 5.85. The van der Waals surface area contributed by atoms with E-state index in [1.807, 2.05) is 40.6 Å². The van der Waals surface area contributed by atoms with Crippen LogP contribution in [-0.2, 0) is 4.79 Å². The van der Waals surface area contributed by atoms with E-state index in [1.165, 1.54) is 11.3 Å². The maximum absolute atomic E-state index is 13.0. The van der Waals surface area contributed by atoms with Gasteiger partial charge >= 0.3 is 0 Å². The Morgan fingerprint density at radius 3 is 2.81 bits per heavy atom. The van der Waals surface area contributed by atoms with Gasteiger partial charge in [0.25, 0.3) is 5.91 Å². The van der Waals surface area contributed by atoms with E-state index in [1.54, 1.807) is 6.20 Å². The largest absolute Gasteiger partial charge is 0.341 e. The van der Waals surface area contributed by atoms with Crippen LogP contribution in [0.3, 0.4) is 0 Å². The minimum absolute atomic E-state index is 0.122. The molecule has 3 aromatic rings. The third kappa shape index (κ3) is 4.75. The van der Waals surface area contributed by atoms with E-state index in [0.717, 1.165) is 42.7 Å². The zero-order valence-electron chi connectivity index (χ0n) is 17.9. The van der Waals surface area contributed by atoms with Crippen LogP contribution in [0.25, 0.3) is 10.9 Å². The quantitative estimate of drug-likeness (QED) is 0.611. The molecule has 1 atom stereocenters. The average molecular weight is 438 g/mol. The number of rotatable bonds is 7. The number of anilines is 1. The van der Waals surface area contributed by atoms with Gasteiger partial charge in [0.15, 0.2) is 5.13 Å². The second kappa shape index (κ2) is 9.53. The number of fused-ring (bicyclic) bond motifs is 1. The van der Waals surface area contributed by atoms with Gasteiger partial charge in [-0.15, -0.1) is 11.3 Å². The number of likely N-dealkylation sites (N-methyl/N-ethyl adjacent to an activating group) is 1. The standard InChI is InChI=1S/C23H27N5O2S/c1-3-27(4-2)15-21(29)28-11-9-16(14-28)20-13-18(17-7-5-6-8-19(17)25-20)22(30)26-23-24-10-12-31-23/h5-8,10,12-13,16H,3-4,9,11,14-15H2,1-2H3,(H,24,26,30)/t16-/m1/s1. The van der Waals surface area contributed by atoms with Crippen LogP contribution in [0.4, 0.5) is 5.13 Å². The van der Waals surface area contributed by atoms with Gasteiger partial charge in [0.1, 0.15) is 0 Å². The maximum Gasteiger partial charge on any atom is 0.258 e. The Bertz CT molecular complexity index is 1070. The van der Waals surface area contributed by atoms with Crippen molar-refractivity contribution in [2.45, 2.75) is 26.2 Å². The van der Waals surface area contributed by atoms with Gasteiger partial charge in [0.2, 0.25) is 5.91 Å². The Kier molecular flexibility index (Phi) is 6.58. The average Bonchev–Trinajstić information content (AvgIpc) is 3.49. The Hall–Kier alpha value is -2.84. The molecule has 162 valence electrons. The van der Waals surface area contributed by atoms with Gasteiger partial charge in [-0.25, -0.2) is 4.98 Å². The second-order valence-corrected chi connectivity index (χ2v) is 8.58. The lowest BCUT2D eigenvalue weighted by molar-refractivity contribution is -0.131. The molecule has 3 heterocycles. The number of nitrogens with one attached hydrogen (secondary N) is 1. The number of nitrogens with zero attached hydrogens (tertiary/aromatic N) is 4. The Morgan fingerprint density at radius 2 is 2.06 bits per heavy atom. The maximum atomic E-state index is 13.0. The first kappa shape index (κ1) is 21.4. The van der Waals surface area contributed by atoms with Crippen molar-refractivity contribution >= 4 is 39.2 Å². The fraction of sp³-hybridized carbons (Fsp3) is 0.391. The van der Waals surface area contributed by atoms with Crippen molar-refractivity contribution in [3.05, 3.63) is 53.2 Å². The summed E-state index contributed by atoms with van der Waals surface area (Å²) in [4.78, 5) is 38.8. The Balaban J connectivity index is 1.57. The van der Waals surface area contributed by atoms with Crippen LogP contribution in [0.2, 0.25) is 0 Å². The van der Waals surface area contributed by atoms with Crippen LogP contribution >= 0.6 is 11.3 Å². The van der Waals surface area contributed by atoms with Crippen molar-refractivity contribution in [2.75, 3.05) is 38.0 Å². The number of hydrogen-bond acceptors (Lipinski definition) is 6.